The van der Waals surface area contributed by atoms with Crippen LogP contribution in [-0.4, -0.2) is 20.0 Å². The first kappa shape index (κ1) is 12.0. The van der Waals surface area contributed by atoms with E-state index in [4.69, 9.17) is 5.73 Å². The Morgan fingerprint density at radius 2 is 2.24 bits per heavy atom. The topological polar surface area (TPSA) is 69.6 Å². The summed E-state index contributed by atoms with van der Waals surface area (Å²) in [5, 5.41) is 8.03. The molecular weight excluding hydrogens is 234 g/mol. The fraction of sp³-hybridized carbons (Fsp3) is 0.545. The van der Waals surface area contributed by atoms with Crippen LogP contribution in [0.5, 0.6) is 0 Å². The molecule has 0 saturated heterocycles. The monoisotopic (exact) mass is 251 g/mol. The molecule has 0 radical (unpaired) electrons. The van der Waals surface area contributed by atoms with Crippen molar-refractivity contribution in [3.63, 3.8) is 0 Å². The molecule has 0 spiro atoms. The van der Waals surface area contributed by atoms with E-state index in [2.05, 4.69) is 22.2 Å². The molecule has 5 nitrogen and oxygen atoms in total. The molecule has 2 N–H and O–H groups in total. The molecule has 0 amide bonds. The Morgan fingerprint density at radius 3 is 2.88 bits per heavy atom. The first-order valence-electron chi connectivity index (χ1n) is 5.79. The minimum atomic E-state index is 0.563. The third kappa shape index (κ3) is 2.63. The third-order valence-electron chi connectivity index (χ3n) is 2.75. The van der Waals surface area contributed by atoms with Gasteiger partial charge >= 0.3 is 0 Å². The molecule has 2 aromatic heterocycles. The number of thiazole rings is 1. The number of nitrogens with two attached hydrogens (primary N) is 1. The molecule has 0 saturated carbocycles. The van der Waals surface area contributed by atoms with E-state index < -0.39 is 0 Å². The maximum atomic E-state index is 5.80. The van der Waals surface area contributed by atoms with Crippen LogP contribution in [0.1, 0.15) is 29.6 Å². The number of nitrogens with zero attached hydrogens (tertiary/aromatic N) is 4. The van der Waals surface area contributed by atoms with Crippen molar-refractivity contribution in [1.82, 2.24) is 20.0 Å². The van der Waals surface area contributed by atoms with Gasteiger partial charge in [0.2, 0.25) is 0 Å². The molecular formula is C11H17N5S. The first-order chi connectivity index (χ1) is 8.22. The van der Waals surface area contributed by atoms with Gasteiger partial charge in [-0.05, 0) is 13.3 Å². The summed E-state index contributed by atoms with van der Waals surface area (Å²) in [6.07, 6.45) is 2.92. The Balaban J connectivity index is 2.06. The lowest BCUT2D eigenvalue weighted by atomic mass is 10.2. The van der Waals surface area contributed by atoms with Gasteiger partial charge in [-0.25, -0.2) is 9.67 Å². The number of rotatable bonds is 5. The average Bonchev–Trinajstić information content (AvgIpc) is 2.86. The van der Waals surface area contributed by atoms with Crippen molar-refractivity contribution in [1.29, 1.82) is 0 Å². The molecule has 0 aliphatic heterocycles. The van der Waals surface area contributed by atoms with E-state index in [0.717, 1.165) is 37.2 Å². The lowest BCUT2D eigenvalue weighted by Gasteiger charge is -2.05. The van der Waals surface area contributed by atoms with Gasteiger partial charge in [0.15, 0.2) is 5.82 Å². The van der Waals surface area contributed by atoms with Crippen molar-refractivity contribution in [3.05, 3.63) is 21.8 Å². The molecule has 17 heavy (non-hydrogen) atoms. The highest BCUT2D eigenvalue weighted by molar-refractivity contribution is 7.09. The zero-order chi connectivity index (χ0) is 12.3. The number of aromatic nitrogens is 4. The second-order valence-corrected chi connectivity index (χ2v) is 4.94. The molecule has 2 aromatic rings. The van der Waals surface area contributed by atoms with Crippen LogP contribution in [0.3, 0.4) is 0 Å². The molecule has 6 heteroatoms. The van der Waals surface area contributed by atoms with Crippen molar-refractivity contribution in [3.8, 4) is 0 Å². The molecule has 0 bridgehead atoms. The second kappa shape index (κ2) is 5.27. The Kier molecular flexibility index (Phi) is 3.73. The molecule has 0 aliphatic rings. The maximum Gasteiger partial charge on any atom is 0.169 e. The fourth-order valence-electron chi connectivity index (χ4n) is 1.79. The van der Waals surface area contributed by atoms with Crippen LogP contribution >= 0.6 is 11.3 Å². The summed E-state index contributed by atoms with van der Waals surface area (Å²) in [5.41, 5.74) is 9.85. The van der Waals surface area contributed by atoms with Crippen LogP contribution in [0, 0.1) is 6.92 Å². The molecule has 0 aliphatic carbocycles. The van der Waals surface area contributed by atoms with Crippen molar-refractivity contribution in [2.24, 2.45) is 0 Å². The summed E-state index contributed by atoms with van der Waals surface area (Å²) in [7, 11) is 0. The first-order valence-corrected chi connectivity index (χ1v) is 6.67. The van der Waals surface area contributed by atoms with Gasteiger partial charge in [0.1, 0.15) is 0 Å². The van der Waals surface area contributed by atoms with Crippen LogP contribution in [-0.2, 0) is 19.4 Å². The predicted molar refractivity (Wildman–Crippen MR) is 69.0 cm³/mol. The fourth-order valence-corrected chi connectivity index (χ4v) is 2.56. The minimum absolute atomic E-state index is 0.563. The number of anilines is 1. The van der Waals surface area contributed by atoms with E-state index in [1.165, 1.54) is 4.88 Å². The lowest BCUT2D eigenvalue weighted by molar-refractivity contribution is 0.563. The van der Waals surface area contributed by atoms with E-state index in [1.807, 2.05) is 17.1 Å². The van der Waals surface area contributed by atoms with Gasteiger partial charge < -0.3 is 5.73 Å². The van der Waals surface area contributed by atoms with E-state index in [0.29, 0.717) is 5.82 Å². The van der Waals surface area contributed by atoms with Crippen LogP contribution in [0.4, 0.5) is 5.82 Å². The van der Waals surface area contributed by atoms with Crippen LogP contribution in [0.25, 0.3) is 0 Å². The van der Waals surface area contributed by atoms with Crippen LogP contribution < -0.4 is 5.73 Å². The van der Waals surface area contributed by atoms with E-state index in [9.17, 15) is 0 Å². The molecule has 2 rings (SSSR count). The molecule has 0 unspecified atom stereocenters. The minimum Gasteiger partial charge on any atom is -0.381 e. The SMILES string of the molecule is CCCc1c(N)nnn1CCc1scnc1C. The number of hydrogen-bond acceptors (Lipinski definition) is 5. The highest BCUT2D eigenvalue weighted by Crippen LogP contribution is 2.15. The number of hydrogen-bond donors (Lipinski definition) is 1. The summed E-state index contributed by atoms with van der Waals surface area (Å²) < 4.78 is 1.91. The normalized spacial score (nSPS) is 10.9. The van der Waals surface area contributed by atoms with Gasteiger partial charge in [0.25, 0.3) is 0 Å². The average molecular weight is 251 g/mol. The van der Waals surface area contributed by atoms with E-state index in [-0.39, 0.29) is 0 Å². The Labute approximate surface area is 105 Å². The molecule has 2 heterocycles. The Bertz CT molecular complexity index is 488. The van der Waals surface area contributed by atoms with Gasteiger partial charge in [-0.1, -0.05) is 18.6 Å². The summed E-state index contributed by atoms with van der Waals surface area (Å²) >= 11 is 1.69. The third-order valence-corrected chi connectivity index (χ3v) is 3.74. The molecule has 0 fully saturated rings. The van der Waals surface area contributed by atoms with E-state index in [1.54, 1.807) is 11.3 Å². The smallest absolute Gasteiger partial charge is 0.169 e. The van der Waals surface area contributed by atoms with Gasteiger partial charge in [0, 0.05) is 17.8 Å². The van der Waals surface area contributed by atoms with Gasteiger partial charge in [0.05, 0.1) is 16.9 Å². The van der Waals surface area contributed by atoms with Crippen molar-refractivity contribution in [2.45, 2.75) is 39.7 Å². The molecule has 92 valence electrons. The number of nitrogen functional groups attached to an aromatic ring is 1. The van der Waals surface area contributed by atoms with Gasteiger partial charge in [-0.2, -0.15) is 0 Å². The Morgan fingerprint density at radius 1 is 1.41 bits per heavy atom. The summed E-state index contributed by atoms with van der Waals surface area (Å²) in [5.74, 6) is 0.563. The summed E-state index contributed by atoms with van der Waals surface area (Å²) in [4.78, 5) is 5.55. The second-order valence-electron chi connectivity index (χ2n) is 4.01. The molecule has 0 atom stereocenters. The standard InChI is InChI=1S/C11H17N5S/c1-3-4-9-11(12)14-15-16(9)6-5-10-8(2)13-7-17-10/h7H,3-6,12H2,1-2H3. The quantitative estimate of drug-likeness (QED) is 0.880. The largest absolute Gasteiger partial charge is 0.381 e. The predicted octanol–water partition coefficient (Wildman–Crippen LogP) is 1.82. The highest BCUT2D eigenvalue weighted by atomic mass is 32.1. The molecule has 0 aromatic carbocycles. The van der Waals surface area contributed by atoms with Crippen molar-refractivity contribution >= 4 is 17.2 Å². The van der Waals surface area contributed by atoms with Gasteiger partial charge in [-0.15, -0.1) is 16.4 Å². The summed E-state index contributed by atoms with van der Waals surface area (Å²) in [6, 6.07) is 0. The van der Waals surface area contributed by atoms with E-state index >= 15 is 0 Å². The zero-order valence-corrected chi connectivity index (χ0v) is 11.0. The highest BCUT2D eigenvalue weighted by Gasteiger charge is 2.10. The maximum absolute atomic E-state index is 5.80. The van der Waals surface area contributed by atoms with Crippen molar-refractivity contribution in [2.75, 3.05) is 5.73 Å². The van der Waals surface area contributed by atoms with Gasteiger partial charge in [-0.3, -0.25) is 0 Å². The lowest BCUT2D eigenvalue weighted by Crippen LogP contribution is -2.08. The van der Waals surface area contributed by atoms with Crippen molar-refractivity contribution < 1.29 is 0 Å². The van der Waals surface area contributed by atoms with Crippen LogP contribution in [0.15, 0.2) is 5.51 Å². The number of aryl methyl sites for hydroxylation is 3. The van der Waals surface area contributed by atoms with Crippen LogP contribution in [0.2, 0.25) is 0 Å². The summed E-state index contributed by atoms with van der Waals surface area (Å²) in [6.45, 7) is 4.99. The zero-order valence-electron chi connectivity index (χ0n) is 10.2. The Hall–Kier alpha value is -1.43.